The van der Waals surface area contributed by atoms with Gasteiger partial charge in [0.2, 0.25) is 0 Å². The molecule has 0 amide bonds. The van der Waals surface area contributed by atoms with Gasteiger partial charge in [-0.1, -0.05) is 17.7 Å². The summed E-state index contributed by atoms with van der Waals surface area (Å²) in [5.74, 6) is -3.70. The molecule has 0 atom stereocenters. The second-order valence-corrected chi connectivity index (χ2v) is 3.00. The highest BCUT2D eigenvalue weighted by Gasteiger charge is 2.15. The standard InChI is InChI=1S/C9H6ClFO4/c10-5-2-1-3-6(11)9(5)15-8(14)4-7(12)13/h1-3H,4H2,(H,12,13). The van der Waals surface area contributed by atoms with Crippen LogP contribution >= 0.6 is 11.6 Å². The molecule has 0 bridgehead atoms. The van der Waals surface area contributed by atoms with Crippen LogP contribution in [0.2, 0.25) is 5.02 Å². The lowest BCUT2D eigenvalue weighted by atomic mass is 10.3. The van der Waals surface area contributed by atoms with Gasteiger partial charge in [0.05, 0.1) is 5.02 Å². The molecule has 0 unspecified atom stereocenters. The molecular formula is C9H6ClFO4. The van der Waals surface area contributed by atoms with Crippen molar-refractivity contribution in [1.82, 2.24) is 0 Å². The van der Waals surface area contributed by atoms with E-state index in [1.807, 2.05) is 0 Å². The Morgan fingerprint density at radius 2 is 2.13 bits per heavy atom. The van der Waals surface area contributed by atoms with Gasteiger partial charge in [-0.25, -0.2) is 4.39 Å². The van der Waals surface area contributed by atoms with Gasteiger partial charge in [0.1, 0.15) is 6.42 Å². The summed E-state index contributed by atoms with van der Waals surface area (Å²) in [6.45, 7) is 0. The molecule has 0 aromatic heterocycles. The molecule has 4 nitrogen and oxygen atoms in total. The van der Waals surface area contributed by atoms with Crippen LogP contribution < -0.4 is 4.74 Å². The minimum Gasteiger partial charge on any atom is -0.481 e. The number of hydrogen-bond donors (Lipinski definition) is 1. The van der Waals surface area contributed by atoms with Gasteiger partial charge < -0.3 is 9.84 Å². The lowest BCUT2D eigenvalue weighted by Crippen LogP contribution is -2.14. The highest BCUT2D eigenvalue weighted by Crippen LogP contribution is 2.27. The second kappa shape index (κ2) is 4.75. The third kappa shape index (κ3) is 3.21. The Morgan fingerprint density at radius 1 is 1.47 bits per heavy atom. The quantitative estimate of drug-likeness (QED) is 0.491. The summed E-state index contributed by atoms with van der Waals surface area (Å²) in [6.07, 6.45) is -0.843. The van der Waals surface area contributed by atoms with E-state index in [1.165, 1.54) is 12.1 Å². The van der Waals surface area contributed by atoms with Crippen molar-refractivity contribution in [1.29, 1.82) is 0 Å². The average Bonchev–Trinajstić information content (AvgIpc) is 2.10. The van der Waals surface area contributed by atoms with Crippen LogP contribution in [0.4, 0.5) is 4.39 Å². The average molecular weight is 233 g/mol. The molecule has 1 aromatic carbocycles. The number of esters is 1. The van der Waals surface area contributed by atoms with Crippen LogP contribution in [0.25, 0.3) is 0 Å². The molecule has 0 spiro atoms. The summed E-state index contributed by atoms with van der Waals surface area (Å²) in [5, 5.41) is 8.18. The van der Waals surface area contributed by atoms with E-state index >= 15 is 0 Å². The highest BCUT2D eigenvalue weighted by atomic mass is 35.5. The van der Waals surface area contributed by atoms with E-state index in [2.05, 4.69) is 4.74 Å². The number of benzene rings is 1. The van der Waals surface area contributed by atoms with Crippen molar-refractivity contribution in [2.24, 2.45) is 0 Å². The summed E-state index contributed by atoms with van der Waals surface area (Å²) in [5.41, 5.74) is 0. The first-order valence-corrected chi connectivity index (χ1v) is 4.25. The van der Waals surface area contributed by atoms with Crippen molar-refractivity contribution in [2.45, 2.75) is 6.42 Å². The van der Waals surface area contributed by atoms with Gasteiger partial charge in [-0.05, 0) is 12.1 Å². The first kappa shape index (κ1) is 11.5. The Morgan fingerprint density at radius 3 is 2.67 bits per heavy atom. The van der Waals surface area contributed by atoms with E-state index in [4.69, 9.17) is 16.7 Å². The number of halogens is 2. The molecular weight excluding hydrogens is 227 g/mol. The van der Waals surface area contributed by atoms with Gasteiger partial charge in [0, 0.05) is 0 Å². The molecule has 15 heavy (non-hydrogen) atoms. The molecule has 0 aliphatic heterocycles. The van der Waals surface area contributed by atoms with Gasteiger partial charge >= 0.3 is 11.9 Å². The van der Waals surface area contributed by atoms with Gasteiger partial charge in [-0.15, -0.1) is 0 Å². The topological polar surface area (TPSA) is 63.6 Å². The highest BCUT2D eigenvalue weighted by molar-refractivity contribution is 6.32. The molecule has 0 saturated carbocycles. The Hall–Kier alpha value is -1.62. The summed E-state index contributed by atoms with van der Waals surface area (Å²) in [7, 11) is 0. The van der Waals surface area contributed by atoms with Crippen LogP contribution in [0.5, 0.6) is 5.75 Å². The van der Waals surface area contributed by atoms with Crippen LogP contribution in [-0.4, -0.2) is 17.0 Å². The van der Waals surface area contributed by atoms with Crippen LogP contribution in [0.1, 0.15) is 6.42 Å². The van der Waals surface area contributed by atoms with Crippen molar-refractivity contribution in [2.75, 3.05) is 0 Å². The molecule has 0 aliphatic carbocycles. The number of carbonyl (C=O) groups is 2. The lowest BCUT2D eigenvalue weighted by molar-refractivity contribution is -0.145. The van der Waals surface area contributed by atoms with Gasteiger partial charge in [-0.2, -0.15) is 0 Å². The largest absolute Gasteiger partial charge is 0.481 e. The maximum atomic E-state index is 13.0. The fourth-order valence-electron chi connectivity index (χ4n) is 0.853. The first-order valence-electron chi connectivity index (χ1n) is 3.87. The molecule has 80 valence electrons. The summed E-state index contributed by atoms with van der Waals surface area (Å²) < 4.78 is 17.5. The predicted octanol–water partition coefficient (Wildman–Crippen LogP) is 1.86. The first-order chi connectivity index (χ1) is 7.00. The smallest absolute Gasteiger partial charge is 0.322 e. The van der Waals surface area contributed by atoms with Crippen molar-refractivity contribution < 1.29 is 23.8 Å². The molecule has 0 aliphatic rings. The summed E-state index contributed by atoms with van der Waals surface area (Å²) in [6, 6.07) is 3.72. The number of rotatable bonds is 3. The molecule has 1 rings (SSSR count). The molecule has 0 radical (unpaired) electrons. The number of carboxylic acid groups (broad SMARTS) is 1. The van der Waals surface area contributed by atoms with Gasteiger partial charge in [-0.3, -0.25) is 9.59 Å². The predicted molar refractivity (Wildman–Crippen MR) is 49.3 cm³/mol. The molecule has 0 heterocycles. The fraction of sp³-hybridized carbons (Fsp3) is 0.111. The number of carboxylic acids is 1. The minimum absolute atomic E-state index is 0.0891. The van der Waals surface area contributed by atoms with Gasteiger partial charge in [0.15, 0.2) is 11.6 Å². The van der Waals surface area contributed by atoms with Crippen molar-refractivity contribution in [3.8, 4) is 5.75 Å². The van der Waals surface area contributed by atoms with Crippen molar-refractivity contribution in [3.63, 3.8) is 0 Å². The van der Waals surface area contributed by atoms with Crippen LogP contribution in [0.3, 0.4) is 0 Å². The van der Waals surface area contributed by atoms with Crippen molar-refractivity contribution in [3.05, 3.63) is 29.0 Å². The third-order valence-electron chi connectivity index (χ3n) is 1.43. The minimum atomic E-state index is -1.35. The SMILES string of the molecule is O=C(O)CC(=O)Oc1c(F)cccc1Cl. The number of hydrogen-bond acceptors (Lipinski definition) is 3. The maximum Gasteiger partial charge on any atom is 0.322 e. The number of para-hydroxylation sites is 1. The lowest BCUT2D eigenvalue weighted by Gasteiger charge is -2.05. The van der Waals surface area contributed by atoms with E-state index in [9.17, 15) is 14.0 Å². The summed E-state index contributed by atoms with van der Waals surface area (Å²) in [4.78, 5) is 21.0. The Balaban J connectivity index is 2.80. The molecule has 1 aromatic rings. The van der Waals surface area contributed by atoms with E-state index in [0.717, 1.165) is 6.07 Å². The van der Waals surface area contributed by atoms with Crippen LogP contribution in [0.15, 0.2) is 18.2 Å². The number of carbonyl (C=O) groups excluding carboxylic acids is 1. The van der Waals surface area contributed by atoms with Crippen molar-refractivity contribution >= 4 is 23.5 Å². The zero-order chi connectivity index (χ0) is 11.4. The third-order valence-corrected chi connectivity index (χ3v) is 1.73. The maximum absolute atomic E-state index is 13.0. The molecule has 0 saturated heterocycles. The van der Waals surface area contributed by atoms with Crippen LogP contribution in [0, 0.1) is 5.82 Å². The summed E-state index contributed by atoms with van der Waals surface area (Å²) >= 11 is 5.55. The zero-order valence-electron chi connectivity index (χ0n) is 7.37. The Bertz CT molecular complexity index is 385. The van der Waals surface area contributed by atoms with E-state index in [-0.39, 0.29) is 5.02 Å². The van der Waals surface area contributed by atoms with E-state index < -0.39 is 29.9 Å². The van der Waals surface area contributed by atoms with Gasteiger partial charge in [0.25, 0.3) is 0 Å². The van der Waals surface area contributed by atoms with E-state index in [0.29, 0.717) is 0 Å². The Kier molecular flexibility index (Phi) is 3.62. The van der Waals surface area contributed by atoms with E-state index in [1.54, 1.807) is 0 Å². The fourth-order valence-corrected chi connectivity index (χ4v) is 1.06. The molecule has 1 N–H and O–H groups in total. The second-order valence-electron chi connectivity index (χ2n) is 2.60. The molecule has 6 heteroatoms. The normalized spacial score (nSPS) is 9.73. The number of ether oxygens (including phenoxy) is 1. The molecule has 0 fully saturated rings. The monoisotopic (exact) mass is 232 g/mol. The number of aliphatic carboxylic acids is 1. The zero-order valence-corrected chi connectivity index (χ0v) is 8.12. The van der Waals surface area contributed by atoms with Crippen LogP contribution in [-0.2, 0) is 9.59 Å². The Labute approximate surface area is 89.2 Å².